The maximum atomic E-state index is 13.1. The van der Waals surface area contributed by atoms with Gasteiger partial charge in [0.15, 0.2) is 0 Å². The van der Waals surface area contributed by atoms with Gasteiger partial charge in [0.25, 0.3) is 11.7 Å². The second-order valence-electron chi connectivity index (χ2n) is 8.03. The van der Waals surface area contributed by atoms with E-state index in [9.17, 15) is 19.5 Å². The van der Waals surface area contributed by atoms with Gasteiger partial charge in [-0.25, -0.2) is 4.79 Å². The molecule has 0 aromatic heterocycles. The third-order valence-electron chi connectivity index (χ3n) is 5.47. The number of likely N-dealkylation sites (tertiary alicyclic amines) is 1. The molecule has 0 spiro atoms. The fourth-order valence-electron chi connectivity index (χ4n) is 3.70. The molecular formula is C26H28N2O6. The number of aliphatic hydroxyl groups is 1. The van der Waals surface area contributed by atoms with Crippen LogP contribution in [0.2, 0.25) is 0 Å². The van der Waals surface area contributed by atoms with Gasteiger partial charge in [-0.1, -0.05) is 24.8 Å². The molecule has 1 heterocycles. The van der Waals surface area contributed by atoms with Gasteiger partial charge in [0, 0.05) is 18.7 Å². The number of hydrogen-bond acceptors (Lipinski definition) is 7. The Hall–Kier alpha value is -3.91. The van der Waals surface area contributed by atoms with E-state index in [1.54, 1.807) is 54.6 Å². The van der Waals surface area contributed by atoms with E-state index in [1.165, 1.54) is 12.0 Å². The van der Waals surface area contributed by atoms with Crippen LogP contribution in [0.3, 0.4) is 0 Å². The van der Waals surface area contributed by atoms with E-state index < -0.39 is 23.7 Å². The smallest absolute Gasteiger partial charge is 0.337 e. The molecule has 0 saturated carbocycles. The van der Waals surface area contributed by atoms with E-state index in [0.717, 1.165) is 0 Å². The first kappa shape index (κ1) is 24.7. The molecule has 1 amide bonds. The molecule has 2 aromatic rings. The summed E-state index contributed by atoms with van der Waals surface area (Å²) in [6.45, 7) is 4.75. The van der Waals surface area contributed by atoms with Crippen LogP contribution < -0.4 is 4.74 Å². The van der Waals surface area contributed by atoms with Crippen LogP contribution >= 0.6 is 0 Å². The van der Waals surface area contributed by atoms with Crippen molar-refractivity contribution in [3.63, 3.8) is 0 Å². The predicted molar refractivity (Wildman–Crippen MR) is 127 cm³/mol. The van der Waals surface area contributed by atoms with E-state index in [4.69, 9.17) is 9.47 Å². The molecule has 0 radical (unpaired) electrons. The van der Waals surface area contributed by atoms with Gasteiger partial charge in [-0.3, -0.25) is 9.59 Å². The standard InChI is InChI=1S/C26H28N2O6/c1-5-16-34-20-12-10-18(11-13-20)23(29)21-22(17-6-8-19(9-7-17)26(32)33-4)28(15-14-27(2)3)25(31)24(21)30/h5-13,22,29H,1,14-16H2,2-4H3/t22-/m0/s1. The zero-order valence-electron chi connectivity index (χ0n) is 19.5. The number of nitrogens with zero attached hydrogens (tertiary/aromatic N) is 2. The number of benzene rings is 2. The number of amides is 1. The van der Waals surface area contributed by atoms with Crippen molar-refractivity contribution in [3.05, 3.63) is 83.4 Å². The lowest BCUT2D eigenvalue weighted by atomic mass is 9.94. The number of ether oxygens (including phenoxy) is 2. The van der Waals surface area contributed by atoms with E-state index in [-0.39, 0.29) is 17.9 Å². The first-order chi connectivity index (χ1) is 16.3. The zero-order valence-corrected chi connectivity index (χ0v) is 19.5. The van der Waals surface area contributed by atoms with Gasteiger partial charge in [-0.2, -0.15) is 0 Å². The average Bonchev–Trinajstić information content (AvgIpc) is 3.10. The van der Waals surface area contributed by atoms with Crippen molar-refractivity contribution in [2.45, 2.75) is 6.04 Å². The average molecular weight is 465 g/mol. The van der Waals surface area contributed by atoms with Crippen LogP contribution in [0.1, 0.15) is 27.5 Å². The minimum absolute atomic E-state index is 0.00525. The van der Waals surface area contributed by atoms with Gasteiger partial charge in [0.2, 0.25) is 0 Å². The second kappa shape index (κ2) is 10.8. The van der Waals surface area contributed by atoms with Crippen molar-refractivity contribution in [2.75, 3.05) is 40.9 Å². The number of carbonyl (C=O) groups excluding carboxylic acids is 3. The minimum Gasteiger partial charge on any atom is -0.507 e. The molecule has 8 nitrogen and oxygen atoms in total. The molecule has 178 valence electrons. The van der Waals surface area contributed by atoms with Gasteiger partial charge in [-0.15, -0.1) is 0 Å². The summed E-state index contributed by atoms with van der Waals surface area (Å²) in [6.07, 6.45) is 1.62. The number of aliphatic hydroxyl groups excluding tert-OH is 1. The van der Waals surface area contributed by atoms with Crippen molar-refractivity contribution < 1.29 is 29.0 Å². The molecule has 1 saturated heterocycles. The molecule has 1 N–H and O–H groups in total. The fraction of sp³-hybridized carbons (Fsp3) is 0.269. The van der Waals surface area contributed by atoms with Crippen molar-refractivity contribution in [3.8, 4) is 5.75 Å². The first-order valence-electron chi connectivity index (χ1n) is 10.7. The SMILES string of the molecule is C=CCOc1ccc(C(O)=C2C(=O)C(=O)N(CCN(C)C)[C@H]2c2ccc(C(=O)OC)cc2)cc1. The summed E-state index contributed by atoms with van der Waals surface area (Å²) < 4.78 is 10.2. The Labute approximate surface area is 198 Å². The highest BCUT2D eigenvalue weighted by atomic mass is 16.5. The Bertz CT molecular complexity index is 1100. The molecule has 2 aromatic carbocycles. The van der Waals surface area contributed by atoms with Crippen LogP contribution in [0.5, 0.6) is 5.75 Å². The van der Waals surface area contributed by atoms with Crippen molar-refractivity contribution in [2.24, 2.45) is 0 Å². The molecule has 8 heteroatoms. The summed E-state index contributed by atoms with van der Waals surface area (Å²) >= 11 is 0. The number of rotatable bonds is 9. The summed E-state index contributed by atoms with van der Waals surface area (Å²) in [5.41, 5.74) is 1.31. The van der Waals surface area contributed by atoms with Gasteiger partial charge < -0.3 is 24.4 Å². The van der Waals surface area contributed by atoms with Gasteiger partial charge in [0.05, 0.1) is 24.3 Å². The number of ketones is 1. The summed E-state index contributed by atoms with van der Waals surface area (Å²) in [5, 5.41) is 11.1. The molecular weight excluding hydrogens is 436 g/mol. The summed E-state index contributed by atoms with van der Waals surface area (Å²) in [5.74, 6) is -1.63. The minimum atomic E-state index is -0.802. The Morgan fingerprint density at radius 3 is 2.26 bits per heavy atom. The number of hydrogen-bond donors (Lipinski definition) is 1. The monoisotopic (exact) mass is 464 g/mol. The molecule has 0 unspecified atom stereocenters. The maximum Gasteiger partial charge on any atom is 0.337 e. The number of methoxy groups -OCH3 is 1. The van der Waals surface area contributed by atoms with Crippen molar-refractivity contribution in [1.29, 1.82) is 0 Å². The first-order valence-corrected chi connectivity index (χ1v) is 10.7. The normalized spacial score (nSPS) is 17.2. The van der Waals surface area contributed by atoms with Crippen LogP contribution in [-0.2, 0) is 14.3 Å². The molecule has 0 aliphatic carbocycles. The predicted octanol–water partition coefficient (Wildman–Crippen LogP) is 3.02. The van der Waals surface area contributed by atoms with Gasteiger partial charge >= 0.3 is 5.97 Å². The topological polar surface area (TPSA) is 96.4 Å². The number of carbonyl (C=O) groups is 3. The van der Waals surface area contributed by atoms with Crippen LogP contribution in [0, 0.1) is 0 Å². The Morgan fingerprint density at radius 1 is 1.09 bits per heavy atom. The van der Waals surface area contributed by atoms with Gasteiger partial charge in [-0.05, 0) is 56.1 Å². The van der Waals surface area contributed by atoms with Gasteiger partial charge in [0.1, 0.15) is 18.1 Å². The Balaban J connectivity index is 2.06. The van der Waals surface area contributed by atoms with E-state index in [2.05, 4.69) is 6.58 Å². The Kier molecular flexibility index (Phi) is 7.86. The lowest BCUT2D eigenvalue weighted by Gasteiger charge is -2.26. The number of Topliss-reactive ketones (excluding diaryl/α,β-unsaturated/α-hetero) is 1. The highest BCUT2D eigenvalue weighted by Crippen LogP contribution is 2.39. The quantitative estimate of drug-likeness (QED) is 0.200. The maximum absolute atomic E-state index is 13.1. The fourth-order valence-corrected chi connectivity index (χ4v) is 3.70. The molecule has 1 aliphatic rings. The van der Waals surface area contributed by atoms with Crippen LogP contribution in [0.15, 0.2) is 66.8 Å². The summed E-state index contributed by atoms with van der Waals surface area (Å²) in [4.78, 5) is 41.2. The van der Waals surface area contributed by atoms with Crippen LogP contribution in [0.4, 0.5) is 0 Å². The highest BCUT2D eigenvalue weighted by molar-refractivity contribution is 6.46. The molecule has 0 bridgehead atoms. The lowest BCUT2D eigenvalue weighted by molar-refractivity contribution is -0.140. The second-order valence-corrected chi connectivity index (χ2v) is 8.03. The van der Waals surface area contributed by atoms with E-state index >= 15 is 0 Å². The van der Waals surface area contributed by atoms with Crippen molar-refractivity contribution >= 4 is 23.4 Å². The Morgan fingerprint density at radius 2 is 1.71 bits per heavy atom. The molecule has 34 heavy (non-hydrogen) atoms. The molecule has 1 aliphatic heterocycles. The van der Waals surface area contributed by atoms with Crippen LogP contribution in [-0.4, -0.2) is 73.5 Å². The number of likely N-dealkylation sites (N-methyl/N-ethyl adjacent to an activating group) is 1. The highest BCUT2D eigenvalue weighted by Gasteiger charge is 2.45. The van der Waals surface area contributed by atoms with Crippen LogP contribution in [0.25, 0.3) is 5.76 Å². The third kappa shape index (κ3) is 5.18. The molecule has 1 atom stereocenters. The third-order valence-corrected chi connectivity index (χ3v) is 5.47. The number of esters is 1. The molecule has 3 rings (SSSR count). The van der Waals surface area contributed by atoms with Crippen molar-refractivity contribution in [1.82, 2.24) is 9.80 Å². The lowest BCUT2D eigenvalue weighted by Crippen LogP contribution is -2.35. The summed E-state index contributed by atoms with van der Waals surface area (Å²) in [7, 11) is 5.03. The molecule has 1 fully saturated rings. The van der Waals surface area contributed by atoms with E-state index in [1.807, 2.05) is 19.0 Å². The van der Waals surface area contributed by atoms with E-state index in [0.29, 0.717) is 35.6 Å². The largest absolute Gasteiger partial charge is 0.507 e. The zero-order chi connectivity index (χ0) is 24.8. The summed E-state index contributed by atoms with van der Waals surface area (Å²) in [6, 6.07) is 12.2.